The van der Waals surface area contributed by atoms with Crippen molar-refractivity contribution >= 4 is 17.5 Å². The van der Waals surface area contributed by atoms with Crippen molar-refractivity contribution in [2.75, 3.05) is 5.73 Å². The third kappa shape index (κ3) is 2.55. The molecule has 0 aromatic heterocycles. The molecule has 5 heteroatoms. The molecule has 0 saturated heterocycles. The Hall–Kier alpha value is -2.82. The molecular weight excluding hydrogens is 242 g/mol. The van der Waals surface area contributed by atoms with E-state index in [9.17, 15) is 9.59 Å². The SMILES string of the molecule is NC(=O)c1ccc(C(N)=O)c(-c2ccc(N)cc2)c1. The minimum Gasteiger partial charge on any atom is -0.399 e. The van der Waals surface area contributed by atoms with Gasteiger partial charge in [-0.05, 0) is 41.5 Å². The van der Waals surface area contributed by atoms with Gasteiger partial charge in [0.15, 0.2) is 0 Å². The van der Waals surface area contributed by atoms with E-state index in [-0.39, 0.29) is 0 Å². The molecule has 0 unspecified atom stereocenters. The number of nitrogen functional groups attached to an aromatic ring is 1. The topological polar surface area (TPSA) is 112 Å². The van der Waals surface area contributed by atoms with E-state index in [0.29, 0.717) is 22.4 Å². The van der Waals surface area contributed by atoms with E-state index in [1.807, 2.05) is 0 Å². The predicted molar refractivity (Wildman–Crippen MR) is 73.3 cm³/mol. The highest BCUT2D eigenvalue weighted by atomic mass is 16.1. The van der Waals surface area contributed by atoms with Gasteiger partial charge >= 0.3 is 0 Å². The van der Waals surface area contributed by atoms with Gasteiger partial charge in [-0.25, -0.2) is 0 Å². The summed E-state index contributed by atoms with van der Waals surface area (Å²) in [6.45, 7) is 0. The van der Waals surface area contributed by atoms with Gasteiger partial charge in [0, 0.05) is 16.8 Å². The first-order valence-corrected chi connectivity index (χ1v) is 5.58. The van der Waals surface area contributed by atoms with Gasteiger partial charge in [0.25, 0.3) is 0 Å². The Kier molecular flexibility index (Phi) is 3.20. The Balaban J connectivity index is 2.64. The van der Waals surface area contributed by atoms with Gasteiger partial charge in [0.05, 0.1) is 0 Å². The zero-order valence-electron chi connectivity index (χ0n) is 10.1. The Bertz CT molecular complexity index is 648. The summed E-state index contributed by atoms with van der Waals surface area (Å²) >= 11 is 0. The first-order chi connectivity index (χ1) is 8.99. The second-order valence-corrected chi connectivity index (χ2v) is 4.11. The van der Waals surface area contributed by atoms with E-state index in [4.69, 9.17) is 17.2 Å². The van der Waals surface area contributed by atoms with Crippen molar-refractivity contribution in [3.63, 3.8) is 0 Å². The molecule has 0 aliphatic heterocycles. The highest BCUT2D eigenvalue weighted by molar-refractivity contribution is 6.02. The number of hydrogen-bond acceptors (Lipinski definition) is 3. The van der Waals surface area contributed by atoms with Crippen LogP contribution in [0.1, 0.15) is 20.7 Å². The van der Waals surface area contributed by atoms with E-state index >= 15 is 0 Å². The summed E-state index contributed by atoms with van der Waals surface area (Å²) in [7, 11) is 0. The fourth-order valence-electron chi connectivity index (χ4n) is 1.81. The van der Waals surface area contributed by atoms with Crippen LogP contribution < -0.4 is 17.2 Å². The first kappa shape index (κ1) is 12.6. The largest absolute Gasteiger partial charge is 0.399 e. The van der Waals surface area contributed by atoms with Gasteiger partial charge in [-0.2, -0.15) is 0 Å². The minimum atomic E-state index is -0.567. The number of benzene rings is 2. The highest BCUT2D eigenvalue weighted by Crippen LogP contribution is 2.25. The van der Waals surface area contributed by atoms with E-state index in [0.717, 1.165) is 5.56 Å². The summed E-state index contributed by atoms with van der Waals surface area (Å²) in [4.78, 5) is 22.6. The van der Waals surface area contributed by atoms with E-state index in [1.165, 1.54) is 12.1 Å². The highest BCUT2D eigenvalue weighted by Gasteiger charge is 2.12. The third-order valence-electron chi connectivity index (χ3n) is 2.79. The predicted octanol–water partition coefficient (Wildman–Crippen LogP) is 1.13. The molecule has 2 rings (SSSR count). The van der Waals surface area contributed by atoms with Crippen LogP contribution in [0, 0.1) is 0 Å². The van der Waals surface area contributed by atoms with Crippen LogP contribution in [0.15, 0.2) is 42.5 Å². The van der Waals surface area contributed by atoms with Crippen LogP contribution in [-0.2, 0) is 0 Å². The number of nitrogens with two attached hydrogens (primary N) is 3. The lowest BCUT2D eigenvalue weighted by Gasteiger charge is -2.09. The van der Waals surface area contributed by atoms with Crippen LogP contribution in [0.25, 0.3) is 11.1 Å². The molecule has 0 fully saturated rings. The maximum absolute atomic E-state index is 11.4. The zero-order chi connectivity index (χ0) is 14.0. The van der Waals surface area contributed by atoms with E-state index in [1.54, 1.807) is 30.3 Å². The van der Waals surface area contributed by atoms with Crippen molar-refractivity contribution in [2.24, 2.45) is 11.5 Å². The molecular formula is C14H13N3O2. The molecule has 0 radical (unpaired) electrons. The lowest BCUT2D eigenvalue weighted by molar-refractivity contribution is 0.0989. The normalized spacial score (nSPS) is 10.1. The molecule has 0 bridgehead atoms. The Morgan fingerprint density at radius 3 is 2.00 bits per heavy atom. The van der Waals surface area contributed by atoms with Gasteiger partial charge in [-0.3, -0.25) is 9.59 Å². The summed E-state index contributed by atoms with van der Waals surface area (Å²) in [5.41, 5.74) is 18.7. The van der Waals surface area contributed by atoms with Crippen LogP contribution >= 0.6 is 0 Å². The summed E-state index contributed by atoms with van der Waals surface area (Å²) in [5, 5.41) is 0. The molecule has 0 heterocycles. The number of carbonyl (C=O) groups is 2. The molecule has 0 spiro atoms. The number of amides is 2. The Morgan fingerprint density at radius 2 is 1.47 bits per heavy atom. The maximum atomic E-state index is 11.4. The molecule has 2 aromatic rings. The molecule has 5 nitrogen and oxygen atoms in total. The van der Waals surface area contributed by atoms with Gasteiger partial charge in [0.2, 0.25) is 11.8 Å². The average Bonchev–Trinajstić information content (AvgIpc) is 2.38. The molecule has 96 valence electrons. The average molecular weight is 255 g/mol. The van der Waals surface area contributed by atoms with Crippen molar-refractivity contribution in [2.45, 2.75) is 0 Å². The van der Waals surface area contributed by atoms with Crippen LogP contribution in [0.4, 0.5) is 5.69 Å². The van der Waals surface area contributed by atoms with Crippen molar-refractivity contribution < 1.29 is 9.59 Å². The number of rotatable bonds is 3. The molecule has 19 heavy (non-hydrogen) atoms. The van der Waals surface area contributed by atoms with Crippen molar-refractivity contribution in [3.05, 3.63) is 53.6 Å². The molecule has 0 aliphatic carbocycles. The van der Waals surface area contributed by atoms with Crippen LogP contribution in [-0.4, -0.2) is 11.8 Å². The van der Waals surface area contributed by atoms with Gasteiger partial charge in [-0.1, -0.05) is 12.1 Å². The lowest BCUT2D eigenvalue weighted by Crippen LogP contribution is -2.15. The minimum absolute atomic E-state index is 0.317. The molecule has 0 saturated carbocycles. The van der Waals surface area contributed by atoms with Gasteiger partial charge in [-0.15, -0.1) is 0 Å². The van der Waals surface area contributed by atoms with Crippen molar-refractivity contribution in [1.29, 1.82) is 0 Å². The lowest BCUT2D eigenvalue weighted by atomic mass is 9.96. The number of hydrogen-bond donors (Lipinski definition) is 3. The molecule has 0 aliphatic rings. The molecule has 6 N–H and O–H groups in total. The maximum Gasteiger partial charge on any atom is 0.249 e. The monoisotopic (exact) mass is 255 g/mol. The summed E-state index contributed by atoms with van der Waals surface area (Å²) in [5.74, 6) is -1.13. The standard InChI is InChI=1S/C14H13N3O2/c15-10-4-1-8(2-5-10)12-7-9(13(16)18)3-6-11(12)14(17)19/h1-7H,15H2,(H2,16,18)(H2,17,19). The third-order valence-corrected chi connectivity index (χ3v) is 2.79. The summed E-state index contributed by atoms with van der Waals surface area (Å²) < 4.78 is 0. The number of anilines is 1. The second kappa shape index (κ2) is 4.81. The Morgan fingerprint density at radius 1 is 0.842 bits per heavy atom. The second-order valence-electron chi connectivity index (χ2n) is 4.11. The van der Waals surface area contributed by atoms with Crippen molar-refractivity contribution in [3.8, 4) is 11.1 Å². The Labute approximate surface area is 110 Å². The fourth-order valence-corrected chi connectivity index (χ4v) is 1.81. The number of carbonyl (C=O) groups excluding carboxylic acids is 2. The van der Waals surface area contributed by atoms with E-state index < -0.39 is 11.8 Å². The smallest absolute Gasteiger partial charge is 0.249 e. The van der Waals surface area contributed by atoms with E-state index in [2.05, 4.69) is 0 Å². The quantitative estimate of drug-likeness (QED) is 0.714. The zero-order valence-corrected chi connectivity index (χ0v) is 10.1. The van der Waals surface area contributed by atoms with Crippen LogP contribution in [0.2, 0.25) is 0 Å². The molecule has 2 aromatic carbocycles. The van der Waals surface area contributed by atoms with Crippen LogP contribution in [0.3, 0.4) is 0 Å². The first-order valence-electron chi connectivity index (χ1n) is 5.58. The molecule has 2 amide bonds. The fraction of sp³-hybridized carbons (Fsp3) is 0. The summed E-state index contributed by atoms with van der Waals surface area (Å²) in [6, 6.07) is 11.4. The summed E-state index contributed by atoms with van der Waals surface area (Å²) in [6.07, 6.45) is 0. The number of primary amides is 2. The molecule has 0 atom stereocenters. The van der Waals surface area contributed by atoms with Crippen molar-refractivity contribution in [1.82, 2.24) is 0 Å². The van der Waals surface area contributed by atoms with Gasteiger partial charge in [0.1, 0.15) is 0 Å². The van der Waals surface area contributed by atoms with Gasteiger partial charge < -0.3 is 17.2 Å². The van der Waals surface area contributed by atoms with Crippen LogP contribution in [0.5, 0.6) is 0 Å².